The first kappa shape index (κ1) is 14.2. The van der Waals surface area contributed by atoms with Crippen molar-refractivity contribution in [2.45, 2.75) is 0 Å². The fraction of sp³-hybridized carbons (Fsp3) is 0.0556. The van der Waals surface area contributed by atoms with Crippen LogP contribution in [0.4, 0.5) is 0 Å². The van der Waals surface area contributed by atoms with Gasteiger partial charge in [-0.25, -0.2) is 9.78 Å². The van der Waals surface area contributed by atoms with Crippen LogP contribution < -0.4 is 0 Å². The zero-order chi connectivity index (χ0) is 16.5. The van der Waals surface area contributed by atoms with E-state index in [-0.39, 0.29) is 18.1 Å². The predicted octanol–water partition coefficient (Wildman–Crippen LogP) is 2.86. The number of rotatable bonds is 4. The summed E-state index contributed by atoms with van der Waals surface area (Å²) in [6.45, 7) is -0.325. The highest BCUT2D eigenvalue weighted by atomic mass is 16.5. The van der Waals surface area contributed by atoms with Crippen LogP contribution in [0.25, 0.3) is 16.6 Å². The van der Waals surface area contributed by atoms with Crippen LogP contribution in [0.5, 0.6) is 0 Å². The summed E-state index contributed by atoms with van der Waals surface area (Å²) in [6.07, 6.45) is 5.00. The third-order valence-corrected chi connectivity index (χ3v) is 3.80. The van der Waals surface area contributed by atoms with Crippen LogP contribution >= 0.6 is 0 Å². The number of benzene rings is 1. The van der Waals surface area contributed by atoms with Crippen molar-refractivity contribution in [3.05, 3.63) is 72.3 Å². The smallest absolute Gasteiger partial charge is 0.359 e. The average Bonchev–Trinajstić information content (AvgIpc) is 3.23. The lowest BCUT2D eigenvalue weighted by molar-refractivity contribution is 0.0470. The monoisotopic (exact) mass is 319 g/mol. The number of Topliss-reactive ketones (excluding diaryl/α,β-unsaturated/α-hetero) is 1. The molecular formula is C18H13N3O3. The predicted molar refractivity (Wildman–Crippen MR) is 88.1 cm³/mol. The van der Waals surface area contributed by atoms with Gasteiger partial charge in [-0.2, -0.15) is 0 Å². The number of imidazole rings is 1. The summed E-state index contributed by atoms with van der Waals surface area (Å²) in [6, 6.07) is 12.9. The van der Waals surface area contributed by atoms with E-state index in [4.69, 9.17) is 4.74 Å². The molecule has 1 N–H and O–H groups in total. The summed E-state index contributed by atoms with van der Waals surface area (Å²) in [4.78, 5) is 31.6. The van der Waals surface area contributed by atoms with E-state index in [1.54, 1.807) is 29.1 Å². The Labute approximate surface area is 136 Å². The van der Waals surface area contributed by atoms with E-state index in [9.17, 15) is 9.59 Å². The first-order chi connectivity index (χ1) is 11.7. The van der Waals surface area contributed by atoms with Crippen LogP contribution in [-0.2, 0) is 4.74 Å². The average molecular weight is 319 g/mol. The van der Waals surface area contributed by atoms with E-state index in [0.29, 0.717) is 11.2 Å². The Kier molecular flexibility index (Phi) is 3.35. The number of esters is 1. The molecule has 1 aromatic carbocycles. The van der Waals surface area contributed by atoms with Gasteiger partial charge in [0.1, 0.15) is 5.65 Å². The molecule has 0 aliphatic rings. The summed E-state index contributed by atoms with van der Waals surface area (Å²) in [5.41, 5.74) is 2.20. The normalized spacial score (nSPS) is 11.0. The standard InChI is InChI=1S/C18H13N3O3/c22-16(13-9-19-14-6-2-1-5-12(13)14)11-24-18(23)15-10-21-8-4-3-7-17(21)20-15/h1-10,19H,11H2. The van der Waals surface area contributed by atoms with E-state index >= 15 is 0 Å². The fourth-order valence-corrected chi connectivity index (χ4v) is 2.62. The number of fused-ring (bicyclic) bond motifs is 2. The fourth-order valence-electron chi connectivity index (χ4n) is 2.62. The number of nitrogens with one attached hydrogen (secondary N) is 1. The van der Waals surface area contributed by atoms with Crippen LogP contribution in [-0.4, -0.2) is 32.7 Å². The van der Waals surface area contributed by atoms with Crippen LogP contribution in [0.1, 0.15) is 20.8 Å². The minimum atomic E-state index is -0.619. The van der Waals surface area contributed by atoms with Crippen molar-refractivity contribution in [2.75, 3.05) is 6.61 Å². The number of carbonyl (C=O) groups is 2. The van der Waals surface area contributed by atoms with Gasteiger partial charge in [0, 0.05) is 35.1 Å². The largest absolute Gasteiger partial charge is 0.453 e. The van der Waals surface area contributed by atoms with Crippen LogP contribution in [0.2, 0.25) is 0 Å². The second kappa shape index (κ2) is 5.66. The Balaban J connectivity index is 1.49. The molecule has 0 aliphatic heterocycles. The second-order valence-corrected chi connectivity index (χ2v) is 5.34. The number of carbonyl (C=O) groups excluding carboxylic acids is 2. The number of aromatic nitrogens is 3. The number of pyridine rings is 1. The van der Waals surface area contributed by atoms with Crippen molar-refractivity contribution in [1.29, 1.82) is 0 Å². The van der Waals surface area contributed by atoms with Crippen molar-refractivity contribution >= 4 is 28.3 Å². The van der Waals surface area contributed by atoms with Gasteiger partial charge >= 0.3 is 5.97 Å². The summed E-state index contributed by atoms with van der Waals surface area (Å²) >= 11 is 0. The highest BCUT2D eigenvalue weighted by molar-refractivity contribution is 6.09. The van der Waals surface area contributed by atoms with Gasteiger partial charge < -0.3 is 14.1 Å². The van der Waals surface area contributed by atoms with Crippen LogP contribution in [0, 0.1) is 0 Å². The Morgan fingerprint density at radius 2 is 1.96 bits per heavy atom. The minimum absolute atomic E-state index is 0.174. The van der Waals surface area contributed by atoms with Gasteiger partial charge in [0.15, 0.2) is 12.3 Å². The number of hydrogen-bond donors (Lipinski definition) is 1. The SMILES string of the molecule is O=C(OCC(=O)c1c[nH]c2ccccc12)c1cn2ccccc2n1. The van der Waals surface area contributed by atoms with E-state index in [1.807, 2.05) is 36.4 Å². The second-order valence-electron chi connectivity index (χ2n) is 5.34. The first-order valence-electron chi connectivity index (χ1n) is 7.42. The zero-order valence-electron chi connectivity index (χ0n) is 12.6. The molecular weight excluding hydrogens is 306 g/mol. The lowest BCUT2D eigenvalue weighted by Crippen LogP contribution is -2.14. The number of nitrogens with zero attached hydrogens (tertiary/aromatic N) is 2. The van der Waals surface area contributed by atoms with E-state index in [0.717, 1.165) is 10.9 Å². The van der Waals surface area contributed by atoms with E-state index in [2.05, 4.69) is 9.97 Å². The molecule has 0 fully saturated rings. The lowest BCUT2D eigenvalue weighted by Gasteiger charge is -2.01. The number of aromatic amines is 1. The first-order valence-corrected chi connectivity index (χ1v) is 7.42. The van der Waals surface area contributed by atoms with Crippen molar-refractivity contribution in [3.8, 4) is 0 Å². The molecule has 0 saturated heterocycles. The maximum Gasteiger partial charge on any atom is 0.359 e. The van der Waals surface area contributed by atoms with Crippen molar-refractivity contribution < 1.29 is 14.3 Å². The molecule has 0 aliphatic carbocycles. The van der Waals surface area contributed by atoms with E-state index < -0.39 is 5.97 Å². The molecule has 4 rings (SSSR count). The quantitative estimate of drug-likeness (QED) is 0.463. The summed E-state index contributed by atoms with van der Waals surface area (Å²) < 4.78 is 6.83. The molecule has 0 atom stereocenters. The third-order valence-electron chi connectivity index (χ3n) is 3.80. The Morgan fingerprint density at radius 3 is 2.83 bits per heavy atom. The summed E-state index contributed by atoms with van der Waals surface area (Å²) in [7, 11) is 0. The molecule has 24 heavy (non-hydrogen) atoms. The van der Waals surface area contributed by atoms with Gasteiger partial charge in [-0.3, -0.25) is 4.79 Å². The molecule has 0 amide bonds. The molecule has 3 aromatic heterocycles. The molecule has 4 aromatic rings. The number of hydrogen-bond acceptors (Lipinski definition) is 4. The van der Waals surface area contributed by atoms with E-state index in [1.165, 1.54) is 0 Å². The topological polar surface area (TPSA) is 76.5 Å². The number of para-hydroxylation sites is 1. The summed E-state index contributed by atoms with van der Waals surface area (Å²) in [5, 5.41) is 0.811. The van der Waals surface area contributed by atoms with Gasteiger partial charge in [-0.05, 0) is 18.2 Å². The van der Waals surface area contributed by atoms with Crippen LogP contribution in [0.15, 0.2) is 61.1 Å². The molecule has 0 radical (unpaired) electrons. The molecule has 0 unspecified atom stereocenters. The highest BCUT2D eigenvalue weighted by Crippen LogP contribution is 2.18. The van der Waals surface area contributed by atoms with Gasteiger partial charge in [-0.1, -0.05) is 24.3 Å². The van der Waals surface area contributed by atoms with Crippen molar-refractivity contribution in [1.82, 2.24) is 14.4 Å². The molecule has 6 heteroatoms. The number of H-pyrrole nitrogens is 1. The molecule has 0 spiro atoms. The Hall–Kier alpha value is -3.41. The molecule has 0 bridgehead atoms. The number of ether oxygens (including phenoxy) is 1. The maximum atomic E-state index is 12.3. The van der Waals surface area contributed by atoms with Gasteiger partial charge in [0.25, 0.3) is 0 Å². The molecule has 118 valence electrons. The van der Waals surface area contributed by atoms with Gasteiger partial charge in [0.05, 0.1) is 0 Å². The van der Waals surface area contributed by atoms with Crippen molar-refractivity contribution in [3.63, 3.8) is 0 Å². The lowest BCUT2D eigenvalue weighted by atomic mass is 10.1. The van der Waals surface area contributed by atoms with Gasteiger partial charge in [-0.15, -0.1) is 0 Å². The number of ketones is 1. The highest BCUT2D eigenvalue weighted by Gasteiger charge is 2.17. The molecule has 3 heterocycles. The summed E-state index contributed by atoms with van der Waals surface area (Å²) in [5.74, 6) is -0.878. The molecule has 6 nitrogen and oxygen atoms in total. The Morgan fingerprint density at radius 1 is 1.12 bits per heavy atom. The zero-order valence-corrected chi connectivity index (χ0v) is 12.6. The maximum absolute atomic E-state index is 12.3. The minimum Gasteiger partial charge on any atom is -0.453 e. The third kappa shape index (κ3) is 2.44. The molecule has 0 saturated carbocycles. The van der Waals surface area contributed by atoms with Crippen LogP contribution in [0.3, 0.4) is 0 Å². The van der Waals surface area contributed by atoms with Crippen molar-refractivity contribution in [2.24, 2.45) is 0 Å². The van der Waals surface area contributed by atoms with Gasteiger partial charge in [0.2, 0.25) is 5.78 Å². The Bertz CT molecular complexity index is 1030.